The molecule has 1 aliphatic carbocycles. The highest BCUT2D eigenvalue weighted by Crippen LogP contribution is 2.41. The number of hydrogen-bond acceptors (Lipinski definition) is 7. The molecule has 0 spiro atoms. The third-order valence-electron chi connectivity index (χ3n) is 9.50. The molecular weight excluding hydrogens is 665 g/mol. The van der Waals surface area contributed by atoms with Crippen LogP contribution in [0.15, 0.2) is 48.8 Å². The van der Waals surface area contributed by atoms with Crippen molar-refractivity contribution < 1.29 is 37.1 Å². The van der Waals surface area contributed by atoms with Crippen molar-refractivity contribution in [3.05, 3.63) is 76.1 Å². The summed E-state index contributed by atoms with van der Waals surface area (Å²) < 4.78 is 40.6. The summed E-state index contributed by atoms with van der Waals surface area (Å²) in [6.45, 7) is 1.14. The molecule has 3 aliphatic heterocycles. The molecule has 11 nitrogen and oxygen atoms in total. The van der Waals surface area contributed by atoms with Gasteiger partial charge in [-0.05, 0) is 68.5 Å². The number of fused-ring (bicyclic) bond motifs is 1. The van der Waals surface area contributed by atoms with Gasteiger partial charge in [-0.2, -0.15) is 18.3 Å². The van der Waals surface area contributed by atoms with Gasteiger partial charge in [-0.25, -0.2) is 0 Å². The summed E-state index contributed by atoms with van der Waals surface area (Å²) in [5.74, 6) is 3.68. The van der Waals surface area contributed by atoms with E-state index >= 15 is 0 Å². The first-order valence-corrected chi connectivity index (χ1v) is 16.1. The Morgan fingerprint density at radius 3 is 2.47 bits per heavy atom. The van der Waals surface area contributed by atoms with Gasteiger partial charge >= 0.3 is 6.18 Å². The fourth-order valence-electron chi connectivity index (χ4n) is 6.53. The van der Waals surface area contributed by atoms with Crippen LogP contribution in [0.5, 0.6) is 0 Å². The zero-order valence-electron chi connectivity index (χ0n) is 25.8. The quantitative estimate of drug-likeness (QED) is 0.300. The van der Waals surface area contributed by atoms with Crippen LogP contribution in [0.1, 0.15) is 70.4 Å². The Labute approximate surface area is 282 Å². The van der Waals surface area contributed by atoms with Crippen molar-refractivity contribution >= 4 is 52.5 Å². The van der Waals surface area contributed by atoms with Crippen LogP contribution in [0.3, 0.4) is 0 Å². The predicted molar refractivity (Wildman–Crippen MR) is 169 cm³/mol. The predicted octanol–water partition coefficient (Wildman–Crippen LogP) is 4.35. The number of alkyl halides is 3. The summed E-state index contributed by atoms with van der Waals surface area (Å²) in [5, 5.41) is 9.07. The summed E-state index contributed by atoms with van der Waals surface area (Å²) in [5.41, 5.74) is -0.0946. The fraction of sp³-hybridized carbons (Fsp3) is 0.353. The van der Waals surface area contributed by atoms with E-state index in [4.69, 9.17) is 11.6 Å². The molecule has 1 saturated carbocycles. The summed E-state index contributed by atoms with van der Waals surface area (Å²) in [4.78, 5) is 66.9. The summed E-state index contributed by atoms with van der Waals surface area (Å²) >= 11 is 6.05. The molecule has 252 valence electrons. The number of hydrogen-bond donors (Lipinski definition) is 2. The first-order valence-electron chi connectivity index (χ1n) is 15.7. The van der Waals surface area contributed by atoms with Gasteiger partial charge < -0.3 is 10.2 Å². The maximum Gasteiger partial charge on any atom is 0.416 e. The van der Waals surface area contributed by atoms with E-state index in [9.17, 15) is 37.1 Å². The molecule has 4 aliphatic rings. The fourth-order valence-corrected chi connectivity index (χ4v) is 6.76. The Morgan fingerprint density at radius 1 is 1.02 bits per heavy atom. The average molecular weight is 693 g/mol. The standard InChI is InChI=1S/C34H28ClF3N6O5/c35-25-13-21(34(36,37)38)7-10-26(25)40-32(49)33(11-2-12-33)43-18-19(15-39-43)5-6-20-16-42(17-20)22-8-9-23-24(14-22)31(48)44(30(23)47)27-3-1-4-28(45)41-29(27)46/h7-10,13-15,18,20,27H,1-4,11-12,16-17H2,(H,40,49)(H,41,45,46). The van der Waals surface area contributed by atoms with Crippen LogP contribution in [-0.2, 0) is 26.1 Å². The minimum Gasteiger partial charge on any atom is -0.369 e. The Bertz CT molecular complexity index is 1990. The lowest BCUT2D eigenvalue weighted by Crippen LogP contribution is -2.51. The number of benzene rings is 2. The third-order valence-corrected chi connectivity index (χ3v) is 9.81. The molecule has 2 saturated heterocycles. The summed E-state index contributed by atoms with van der Waals surface area (Å²) in [6, 6.07) is 6.70. The maximum atomic E-state index is 13.3. The van der Waals surface area contributed by atoms with Gasteiger partial charge in [0.25, 0.3) is 17.7 Å². The van der Waals surface area contributed by atoms with E-state index in [0.29, 0.717) is 37.9 Å². The molecule has 2 N–H and O–H groups in total. The second-order valence-electron chi connectivity index (χ2n) is 12.6. The number of rotatable bonds is 5. The SMILES string of the molecule is O=C1CCCC(N2C(=O)c3ccc(N4CC(C#Cc5cnn(C6(C(=O)Nc7ccc(C(F)(F)F)cc7Cl)CCC6)c5)C4)cc3C2=O)C(=O)N1. The number of halogens is 4. The molecule has 2 aromatic carbocycles. The third kappa shape index (κ3) is 5.82. The van der Waals surface area contributed by atoms with Crippen LogP contribution >= 0.6 is 11.6 Å². The van der Waals surface area contributed by atoms with Gasteiger partial charge in [-0.1, -0.05) is 23.4 Å². The molecule has 0 bridgehead atoms. The van der Waals surface area contributed by atoms with E-state index in [0.717, 1.165) is 35.2 Å². The topological polar surface area (TPSA) is 134 Å². The number of anilines is 2. The van der Waals surface area contributed by atoms with Crippen molar-refractivity contribution in [2.45, 2.75) is 56.3 Å². The molecule has 3 aromatic rings. The van der Waals surface area contributed by atoms with E-state index in [1.165, 1.54) is 0 Å². The first kappa shape index (κ1) is 32.4. The van der Waals surface area contributed by atoms with Crippen LogP contribution in [0, 0.1) is 17.8 Å². The number of nitrogens with one attached hydrogen (secondary N) is 2. The molecular formula is C34H28ClF3N6O5. The van der Waals surface area contributed by atoms with Crippen molar-refractivity contribution in [1.82, 2.24) is 20.0 Å². The molecule has 7 rings (SSSR count). The molecule has 4 heterocycles. The lowest BCUT2D eigenvalue weighted by molar-refractivity contribution is -0.137. The minimum absolute atomic E-state index is 0.000400. The lowest BCUT2D eigenvalue weighted by atomic mass is 9.76. The van der Waals surface area contributed by atoms with Crippen molar-refractivity contribution in [2.75, 3.05) is 23.3 Å². The van der Waals surface area contributed by atoms with Crippen molar-refractivity contribution in [1.29, 1.82) is 0 Å². The normalized spacial score (nSPS) is 20.4. The van der Waals surface area contributed by atoms with Crippen LogP contribution in [0.4, 0.5) is 24.5 Å². The average Bonchev–Trinajstić information content (AvgIpc) is 3.51. The van der Waals surface area contributed by atoms with E-state index in [2.05, 4.69) is 27.6 Å². The van der Waals surface area contributed by atoms with Crippen LogP contribution in [0.25, 0.3) is 0 Å². The lowest BCUT2D eigenvalue weighted by Gasteiger charge is -2.40. The van der Waals surface area contributed by atoms with Gasteiger partial charge in [0, 0.05) is 31.4 Å². The van der Waals surface area contributed by atoms with Gasteiger partial charge in [0.1, 0.15) is 11.6 Å². The van der Waals surface area contributed by atoms with Gasteiger partial charge in [0.2, 0.25) is 11.8 Å². The molecule has 49 heavy (non-hydrogen) atoms. The van der Waals surface area contributed by atoms with Gasteiger partial charge in [-0.3, -0.25) is 38.9 Å². The molecule has 5 amide bonds. The van der Waals surface area contributed by atoms with Crippen molar-refractivity contribution in [2.24, 2.45) is 5.92 Å². The Morgan fingerprint density at radius 2 is 1.78 bits per heavy atom. The number of nitrogens with zero attached hydrogens (tertiary/aromatic N) is 4. The van der Waals surface area contributed by atoms with E-state index in [1.54, 1.807) is 35.3 Å². The number of carbonyl (C=O) groups is 5. The summed E-state index contributed by atoms with van der Waals surface area (Å²) in [6.07, 6.45) is 1.17. The second-order valence-corrected chi connectivity index (χ2v) is 13.0. The molecule has 1 unspecified atom stereocenters. The number of aromatic nitrogens is 2. The Hall–Kier alpha value is -5.16. The Kier molecular flexibility index (Phi) is 7.98. The monoisotopic (exact) mass is 692 g/mol. The van der Waals surface area contributed by atoms with E-state index in [-0.39, 0.29) is 40.6 Å². The van der Waals surface area contributed by atoms with Crippen LogP contribution in [0.2, 0.25) is 5.02 Å². The maximum absolute atomic E-state index is 13.3. The van der Waals surface area contributed by atoms with Crippen molar-refractivity contribution in [3.63, 3.8) is 0 Å². The highest BCUT2D eigenvalue weighted by atomic mass is 35.5. The number of imide groups is 2. The zero-order chi connectivity index (χ0) is 34.7. The summed E-state index contributed by atoms with van der Waals surface area (Å²) in [7, 11) is 0. The van der Waals surface area contributed by atoms with Gasteiger partial charge in [0.05, 0.1) is 45.1 Å². The van der Waals surface area contributed by atoms with Crippen LogP contribution < -0.4 is 15.5 Å². The first-order chi connectivity index (χ1) is 23.3. The molecule has 3 fully saturated rings. The largest absolute Gasteiger partial charge is 0.416 e. The molecule has 0 radical (unpaired) electrons. The number of carbonyl (C=O) groups excluding carboxylic acids is 5. The van der Waals surface area contributed by atoms with E-state index in [1.807, 2.05) is 4.90 Å². The molecule has 1 aromatic heterocycles. The molecule has 15 heteroatoms. The Balaban J connectivity index is 0.984. The van der Waals surface area contributed by atoms with Gasteiger partial charge in [0.15, 0.2) is 0 Å². The van der Waals surface area contributed by atoms with E-state index < -0.39 is 52.9 Å². The second kappa shape index (κ2) is 12.1. The molecule has 1 atom stereocenters. The highest BCUT2D eigenvalue weighted by Gasteiger charge is 2.47. The minimum atomic E-state index is -4.56. The highest BCUT2D eigenvalue weighted by molar-refractivity contribution is 6.33. The van der Waals surface area contributed by atoms with Crippen LogP contribution in [-0.4, -0.2) is 63.3 Å². The number of amides is 5. The smallest absolute Gasteiger partial charge is 0.369 e. The van der Waals surface area contributed by atoms with Gasteiger partial charge in [-0.15, -0.1) is 0 Å². The zero-order valence-corrected chi connectivity index (χ0v) is 26.5. The van der Waals surface area contributed by atoms with Crippen molar-refractivity contribution in [3.8, 4) is 11.8 Å².